The largest absolute Gasteiger partial charge is 0.381 e. The van der Waals surface area contributed by atoms with Crippen molar-refractivity contribution in [1.82, 2.24) is 10.2 Å². The van der Waals surface area contributed by atoms with Crippen LogP contribution in [0.1, 0.15) is 6.92 Å². The fourth-order valence-corrected chi connectivity index (χ4v) is 1.22. The molecule has 0 aromatic rings. The van der Waals surface area contributed by atoms with Crippen LogP contribution in [0, 0.1) is 0 Å². The van der Waals surface area contributed by atoms with Crippen LogP contribution in [0.3, 0.4) is 0 Å². The molecule has 0 saturated carbocycles. The van der Waals surface area contributed by atoms with Crippen LogP contribution < -0.4 is 11.1 Å². The van der Waals surface area contributed by atoms with Crippen molar-refractivity contribution in [3.8, 4) is 0 Å². The zero-order valence-electron chi connectivity index (χ0n) is 8.74. The molecule has 0 spiro atoms. The van der Waals surface area contributed by atoms with Gasteiger partial charge in [0, 0.05) is 14.1 Å². The molecule has 0 aliphatic carbocycles. The summed E-state index contributed by atoms with van der Waals surface area (Å²) in [6.45, 7) is 2.67. The quantitative estimate of drug-likeness (QED) is 0.626. The zero-order valence-corrected chi connectivity index (χ0v) is 8.74. The number of nitrogens with zero attached hydrogens (tertiary/aromatic N) is 2. The molecule has 0 aromatic heterocycles. The van der Waals surface area contributed by atoms with E-state index in [4.69, 9.17) is 5.73 Å². The molecule has 1 unspecified atom stereocenters. The highest BCUT2D eigenvalue weighted by atomic mass is 16.1. The highest BCUT2D eigenvalue weighted by Crippen LogP contribution is 2.09. The Morgan fingerprint density at radius 1 is 1.64 bits per heavy atom. The van der Waals surface area contributed by atoms with Crippen molar-refractivity contribution in [1.29, 1.82) is 0 Å². The van der Waals surface area contributed by atoms with Crippen molar-refractivity contribution >= 4 is 11.6 Å². The third kappa shape index (κ3) is 2.11. The summed E-state index contributed by atoms with van der Waals surface area (Å²) < 4.78 is 0. The van der Waals surface area contributed by atoms with Gasteiger partial charge in [0.1, 0.15) is 5.82 Å². The molecule has 1 atom stereocenters. The number of amidine groups is 1. The first kappa shape index (κ1) is 10.7. The van der Waals surface area contributed by atoms with Gasteiger partial charge < -0.3 is 16.0 Å². The number of nitrogens with one attached hydrogen (secondary N) is 1. The van der Waals surface area contributed by atoms with Crippen LogP contribution in [0.2, 0.25) is 0 Å². The molecular weight excluding hydrogens is 180 g/mol. The van der Waals surface area contributed by atoms with Crippen LogP contribution >= 0.6 is 0 Å². The molecule has 0 aromatic carbocycles. The average molecular weight is 196 g/mol. The molecule has 0 saturated heterocycles. The van der Waals surface area contributed by atoms with Gasteiger partial charge in [0.15, 0.2) is 5.84 Å². The second kappa shape index (κ2) is 4.23. The van der Waals surface area contributed by atoms with Gasteiger partial charge in [-0.25, -0.2) is 4.99 Å². The fourth-order valence-electron chi connectivity index (χ4n) is 1.22. The number of carbonyl (C=O) groups excluding carboxylic acids is 1. The maximum absolute atomic E-state index is 11.5. The Morgan fingerprint density at radius 2 is 2.29 bits per heavy atom. The van der Waals surface area contributed by atoms with E-state index in [9.17, 15) is 4.79 Å². The third-order valence-corrected chi connectivity index (χ3v) is 1.97. The van der Waals surface area contributed by atoms with E-state index < -0.39 is 0 Å². The summed E-state index contributed by atoms with van der Waals surface area (Å²) in [6.07, 6.45) is 1.78. The predicted octanol–water partition coefficient (Wildman–Crippen LogP) is -0.693. The average Bonchev–Trinajstić information content (AvgIpc) is 2.12. The standard InChI is InChI=1S/C9H16N4O/c1-4-11-6-5-7(13(2)3)12-9(10)8(6)14/h5-6,11H,4H2,1-3H3,(H2,10,12). The number of carbonyl (C=O) groups is 1. The van der Waals surface area contributed by atoms with E-state index in [0.717, 1.165) is 6.54 Å². The number of hydrogen-bond acceptors (Lipinski definition) is 5. The molecule has 0 amide bonds. The first-order valence-electron chi connectivity index (χ1n) is 4.57. The summed E-state index contributed by atoms with van der Waals surface area (Å²) >= 11 is 0. The third-order valence-electron chi connectivity index (χ3n) is 1.97. The van der Waals surface area contributed by atoms with Gasteiger partial charge in [-0.05, 0) is 12.6 Å². The van der Waals surface area contributed by atoms with Crippen LogP contribution in [0.5, 0.6) is 0 Å². The van der Waals surface area contributed by atoms with Crippen LogP contribution in [0.15, 0.2) is 16.9 Å². The first-order valence-corrected chi connectivity index (χ1v) is 4.57. The summed E-state index contributed by atoms with van der Waals surface area (Å²) in [4.78, 5) is 17.3. The molecule has 78 valence electrons. The maximum Gasteiger partial charge on any atom is 0.218 e. The minimum absolute atomic E-state index is 0.0714. The fraction of sp³-hybridized carbons (Fsp3) is 0.556. The molecule has 0 fully saturated rings. The molecule has 5 nitrogen and oxygen atoms in total. The zero-order chi connectivity index (χ0) is 10.7. The van der Waals surface area contributed by atoms with Gasteiger partial charge in [-0.3, -0.25) is 4.79 Å². The minimum Gasteiger partial charge on any atom is -0.381 e. The number of nitrogens with two attached hydrogens (primary N) is 1. The summed E-state index contributed by atoms with van der Waals surface area (Å²) in [7, 11) is 3.73. The molecule has 1 aliphatic rings. The summed E-state index contributed by atoms with van der Waals surface area (Å²) in [6, 6.07) is -0.338. The highest BCUT2D eigenvalue weighted by Gasteiger charge is 2.24. The summed E-state index contributed by atoms with van der Waals surface area (Å²) in [5.41, 5.74) is 5.52. The minimum atomic E-state index is -0.338. The van der Waals surface area contributed by atoms with Crippen LogP contribution in [-0.2, 0) is 4.79 Å². The van der Waals surface area contributed by atoms with E-state index >= 15 is 0 Å². The van der Waals surface area contributed by atoms with Gasteiger partial charge in [-0.15, -0.1) is 0 Å². The lowest BCUT2D eigenvalue weighted by atomic mass is 10.1. The van der Waals surface area contributed by atoms with Gasteiger partial charge in [-0.2, -0.15) is 0 Å². The van der Waals surface area contributed by atoms with E-state index in [1.165, 1.54) is 0 Å². The Hall–Kier alpha value is -1.36. The Balaban J connectivity index is 2.89. The summed E-state index contributed by atoms with van der Waals surface area (Å²) in [5.74, 6) is 0.632. The second-order valence-corrected chi connectivity index (χ2v) is 3.32. The molecule has 0 bridgehead atoms. The number of ketones is 1. The van der Waals surface area contributed by atoms with Crippen molar-refractivity contribution < 1.29 is 4.79 Å². The van der Waals surface area contributed by atoms with Gasteiger partial charge >= 0.3 is 0 Å². The first-order chi connectivity index (χ1) is 6.56. The summed E-state index contributed by atoms with van der Waals surface area (Å²) in [5, 5.41) is 3.04. The Labute approximate surface area is 83.7 Å². The van der Waals surface area contributed by atoms with E-state index in [0.29, 0.717) is 5.82 Å². The topological polar surface area (TPSA) is 70.7 Å². The van der Waals surface area contributed by atoms with Crippen molar-refractivity contribution in [2.24, 2.45) is 10.7 Å². The van der Waals surface area contributed by atoms with Crippen molar-refractivity contribution in [3.63, 3.8) is 0 Å². The monoisotopic (exact) mass is 196 g/mol. The lowest BCUT2D eigenvalue weighted by molar-refractivity contribution is -0.114. The number of likely N-dealkylation sites (N-methyl/N-ethyl adjacent to an activating group) is 1. The molecule has 3 N–H and O–H groups in total. The number of aliphatic imine (C=N–C) groups is 1. The van der Waals surface area contributed by atoms with Crippen LogP contribution in [0.25, 0.3) is 0 Å². The normalized spacial score (nSPS) is 21.6. The van der Waals surface area contributed by atoms with E-state index in [2.05, 4.69) is 10.3 Å². The molecule has 5 heteroatoms. The smallest absolute Gasteiger partial charge is 0.218 e. The number of rotatable bonds is 3. The molecule has 1 aliphatic heterocycles. The van der Waals surface area contributed by atoms with Crippen molar-refractivity contribution in [3.05, 3.63) is 11.9 Å². The molecular formula is C9H16N4O. The van der Waals surface area contributed by atoms with E-state index in [1.807, 2.05) is 25.9 Å². The van der Waals surface area contributed by atoms with Gasteiger partial charge in [0.05, 0.1) is 6.04 Å². The van der Waals surface area contributed by atoms with Crippen LogP contribution in [0.4, 0.5) is 0 Å². The van der Waals surface area contributed by atoms with Crippen molar-refractivity contribution in [2.45, 2.75) is 13.0 Å². The lowest BCUT2D eigenvalue weighted by Gasteiger charge is -2.22. The number of Topliss-reactive ketones (excluding diaryl/α,β-unsaturated/α-hetero) is 1. The molecule has 1 heterocycles. The predicted molar refractivity (Wildman–Crippen MR) is 55.9 cm³/mol. The van der Waals surface area contributed by atoms with Crippen molar-refractivity contribution in [2.75, 3.05) is 20.6 Å². The molecule has 1 rings (SSSR count). The number of hydrogen-bond donors (Lipinski definition) is 2. The molecule has 14 heavy (non-hydrogen) atoms. The second-order valence-electron chi connectivity index (χ2n) is 3.32. The van der Waals surface area contributed by atoms with Crippen LogP contribution in [-0.4, -0.2) is 43.2 Å². The highest BCUT2D eigenvalue weighted by molar-refractivity contribution is 6.41. The van der Waals surface area contributed by atoms with E-state index in [1.54, 1.807) is 6.08 Å². The Kier molecular flexibility index (Phi) is 3.24. The van der Waals surface area contributed by atoms with E-state index in [-0.39, 0.29) is 17.7 Å². The van der Waals surface area contributed by atoms with Gasteiger partial charge in [0.2, 0.25) is 5.78 Å². The Morgan fingerprint density at radius 3 is 2.79 bits per heavy atom. The SMILES string of the molecule is CCNC1C=C(N(C)C)N=C(N)C1=O. The lowest BCUT2D eigenvalue weighted by Crippen LogP contribution is -2.45. The molecule has 0 radical (unpaired) electrons. The van der Waals surface area contributed by atoms with Gasteiger partial charge in [-0.1, -0.05) is 6.92 Å². The maximum atomic E-state index is 11.5. The van der Waals surface area contributed by atoms with Gasteiger partial charge in [0.25, 0.3) is 0 Å². The Bertz CT molecular complexity index is 293.